The normalized spacial score (nSPS) is 11.5. The molecule has 1 aliphatic rings. The molecule has 5 heteroatoms. The molecule has 6 rings (SSSR count). The van der Waals surface area contributed by atoms with Crippen LogP contribution < -0.4 is 21.3 Å². The van der Waals surface area contributed by atoms with E-state index in [-0.39, 0.29) is 27.8 Å². The van der Waals surface area contributed by atoms with Crippen LogP contribution in [0.15, 0.2) is 85.2 Å². The third-order valence-electron chi connectivity index (χ3n) is 6.44. The molecule has 1 aliphatic heterocycles. The summed E-state index contributed by atoms with van der Waals surface area (Å²) in [6.45, 7) is 6.37. The van der Waals surface area contributed by atoms with Crippen molar-refractivity contribution >= 4 is 23.2 Å². The van der Waals surface area contributed by atoms with Crippen molar-refractivity contribution in [2.45, 2.75) is 20.8 Å². The van der Waals surface area contributed by atoms with Crippen molar-refractivity contribution in [1.29, 1.82) is 0 Å². The molecule has 2 aromatic heterocycles. The SMILES string of the molecule is Cc1cc(Oc2ccccn2)[c-]c(-c2[c-]c3c(cc2)-c2cc(C)ccc2B3c2cc(C)ccn2)c1.[Pt+2]. The summed E-state index contributed by atoms with van der Waals surface area (Å²) < 4.78 is 5.99. The van der Waals surface area contributed by atoms with Gasteiger partial charge in [-0.05, 0) is 37.6 Å². The summed E-state index contributed by atoms with van der Waals surface area (Å²) in [6, 6.07) is 32.2. The third-order valence-corrected chi connectivity index (χ3v) is 6.44. The van der Waals surface area contributed by atoms with Crippen LogP contribution in [0.4, 0.5) is 0 Å². The van der Waals surface area contributed by atoms with Gasteiger partial charge in [0.05, 0.1) is 0 Å². The second-order valence-corrected chi connectivity index (χ2v) is 9.19. The smallest absolute Gasteiger partial charge is 0.460 e. The molecule has 0 radical (unpaired) electrons. The quantitative estimate of drug-likeness (QED) is 0.201. The fraction of sp³-hybridized carbons (Fsp3) is 0.0968. The summed E-state index contributed by atoms with van der Waals surface area (Å²) in [7, 11) is 0. The number of hydrogen-bond acceptors (Lipinski definition) is 3. The number of rotatable bonds is 4. The van der Waals surface area contributed by atoms with Crippen molar-refractivity contribution in [2.75, 3.05) is 0 Å². The Kier molecular flexibility index (Phi) is 6.64. The van der Waals surface area contributed by atoms with E-state index in [1.54, 1.807) is 6.20 Å². The summed E-state index contributed by atoms with van der Waals surface area (Å²) in [5.74, 6) is 1.19. The van der Waals surface area contributed by atoms with Crippen LogP contribution in [0.25, 0.3) is 22.3 Å². The molecule has 0 unspecified atom stereocenters. The Hall–Kier alpha value is -3.49. The molecule has 3 nitrogen and oxygen atoms in total. The Morgan fingerprint density at radius 1 is 0.694 bits per heavy atom. The van der Waals surface area contributed by atoms with Gasteiger partial charge in [-0.3, -0.25) is 4.98 Å². The molecule has 0 atom stereocenters. The minimum absolute atomic E-state index is 0. The molecule has 0 amide bonds. The van der Waals surface area contributed by atoms with Gasteiger partial charge < -0.3 is 4.74 Å². The predicted molar refractivity (Wildman–Crippen MR) is 142 cm³/mol. The van der Waals surface area contributed by atoms with E-state index in [9.17, 15) is 0 Å². The van der Waals surface area contributed by atoms with E-state index in [0.717, 1.165) is 27.7 Å². The fourth-order valence-corrected chi connectivity index (χ4v) is 4.87. The first-order chi connectivity index (χ1) is 17.0. The second-order valence-electron chi connectivity index (χ2n) is 9.19. The largest absolute Gasteiger partial charge is 2.00 e. The van der Waals surface area contributed by atoms with Gasteiger partial charge in [0.15, 0.2) is 0 Å². The number of benzene rings is 3. The summed E-state index contributed by atoms with van der Waals surface area (Å²) >= 11 is 0. The molecule has 0 aliphatic carbocycles. The van der Waals surface area contributed by atoms with Gasteiger partial charge in [-0.1, -0.05) is 53.8 Å². The van der Waals surface area contributed by atoms with Gasteiger partial charge >= 0.3 is 21.1 Å². The first-order valence-corrected chi connectivity index (χ1v) is 11.8. The van der Waals surface area contributed by atoms with Crippen LogP contribution in [0.5, 0.6) is 11.6 Å². The second kappa shape index (κ2) is 9.87. The molecular formula is C31H23BN2OPt. The molecule has 0 bridgehead atoms. The predicted octanol–water partition coefficient (Wildman–Crippen LogP) is 4.96. The molecule has 0 fully saturated rings. The van der Waals surface area contributed by atoms with E-state index in [1.807, 2.05) is 36.5 Å². The Morgan fingerprint density at radius 3 is 2.36 bits per heavy atom. The molecule has 36 heavy (non-hydrogen) atoms. The van der Waals surface area contributed by atoms with Crippen LogP contribution in [0.2, 0.25) is 0 Å². The molecule has 5 aromatic rings. The number of aryl methyl sites for hydroxylation is 3. The van der Waals surface area contributed by atoms with Crippen molar-refractivity contribution in [2.24, 2.45) is 0 Å². The fourth-order valence-electron chi connectivity index (χ4n) is 4.87. The van der Waals surface area contributed by atoms with Gasteiger partial charge in [0, 0.05) is 29.8 Å². The van der Waals surface area contributed by atoms with Gasteiger partial charge in [-0.25, -0.2) is 16.1 Å². The molecule has 3 heterocycles. The monoisotopic (exact) mass is 645 g/mol. The molecule has 0 spiro atoms. The van der Waals surface area contributed by atoms with Crippen LogP contribution in [-0.4, -0.2) is 16.7 Å². The van der Waals surface area contributed by atoms with Crippen molar-refractivity contribution < 1.29 is 25.8 Å². The van der Waals surface area contributed by atoms with Crippen LogP contribution in [0, 0.1) is 32.9 Å². The van der Waals surface area contributed by atoms with E-state index in [0.29, 0.717) is 11.6 Å². The van der Waals surface area contributed by atoms with Crippen molar-refractivity contribution in [3.63, 3.8) is 0 Å². The Labute approximate surface area is 227 Å². The van der Waals surface area contributed by atoms with Crippen molar-refractivity contribution in [3.05, 3.63) is 114 Å². The standard InChI is InChI=1S/C31H23BN2O.Pt/c1-20-7-10-28-27(16-20)26-9-8-23(19-29(26)32(28)30-17-21(2)11-13-33-30)24-14-22(3)15-25(18-24)35-31-6-4-5-12-34-31;/h4-17H,1-3H3;/q-2;+2. The number of pyridine rings is 2. The zero-order valence-electron chi connectivity index (χ0n) is 20.3. The molecule has 176 valence electrons. The number of nitrogens with zero attached hydrogens (tertiary/aromatic N) is 2. The zero-order chi connectivity index (χ0) is 23.9. The summed E-state index contributed by atoms with van der Waals surface area (Å²) in [4.78, 5) is 9.04. The van der Waals surface area contributed by atoms with E-state index in [2.05, 4.69) is 80.4 Å². The molecule has 3 aromatic carbocycles. The Morgan fingerprint density at radius 2 is 1.56 bits per heavy atom. The summed E-state index contributed by atoms with van der Waals surface area (Å²) in [6.07, 6.45) is 3.62. The van der Waals surface area contributed by atoms with E-state index >= 15 is 0 Å². The average Bonchev–Trinajstić information content (AvgIpc) is 3.17. The minimum atomic E-state index is 0. The van der Waals surface area contributed by atoms with Crippen LogP contribution >= 0.6 is 0 Å². The number of fused-ring (bicyclic) bond motifs is 3. The number of hydrogen-bond donors (Lipinski definition) is 0. The Balaban J connectivity index is 0.00000267. The average molecular weight is 645 g/mol. The third kappa shape index (κ3) is 4.54. The van der Waals surface area contributed by atoms with Crippen LogP contribution in [-0.2, 0) is 21.1 Å². The number of aromatic nitrogens is 2. The van der Waals surface area contributed by atoms with Gasteiger partial charge in [0.25, 0.3) is 0 Å². The topological polar surface area (TPSA) is 35.0 Å². The maximum absolute atomic E-state index is 5.99. The Bertz CT molecular complexity index is 1570. The minimum Gasteiger partial charge on any atom is -0.460 e. The maximum Gasteiger partial charge on any atom is 2.00 e. The van der Waals surface area contributed by atoms with Crippen molar-refractivity contribution in [1.82, 2.24) is 9.97 Å². The number of ether oxygens (including phenoxy) is 1. The molecular weight excluding hydrogens is 622 g/mol. The van der Waals surface area contributed by atoms with Gasteiger partial charge in [-0.2, -0.15) is 23.7 Å². The maximum atomic E-state index is 5.99. The van der Waals surface area contributed by atoms with Crippen molar-refractivity contribution in [3.8, 4) is 33.9 Å². The van der Waals surface area contributed by atoms with Gasteiger partial charge in [-0.15, -0.1) is 23.3 Å². The van der Waals surface area contributed by atoms with Crippen LogP contribution in [0.3, 0.4) is 0 Å². The van der Waals surface area contributed by atoms with Gasteiger partial charge in [0.2, 0.25) is 12.6 Å². The van der Waals surface area contributed by atoms with Gasteiger partial charge in [0.1, 0.15) is 0 Å². The van der Waals surface area contributed by atoms with E-state index in [4.69, 9.17) is 9.72 Å². The zero-order valence-corrected chi connectivity index (χ0v) is 22.6. The van der Waals surface area contributed by atoms with E-state index < -0.39 is 0 Å². The first-order valence-electron chi connectivity index (χ1n) is 11.8. The van der Waals surface area contributed by atoms with Crippen LogP contribution in [0.1, 0.15) is 16.7 Å². The van der Waals surface area contributed by atoms with E-state index in [1.165, 1.54) is 27.7 Å². The summed E-state index contributed by atoms with van der Waals surface area (Å²) in [5.41, 5.74) is 11.5. The molecule has 0 saturated carbocycles. The molecule has 0 N–H and O–H groups in total. The molecule has 0 saturated heterocycles. The first kappa shape index (κ1) is 24.2. The summed E-state index contributed by atoms with van der Waals surface area (Å²) in [5, 5.41) is 0.